The van der Waals surface area contributed by atoms with E-state index in [1.807, 2.05) is 0 Å². The third-order valence-electron chi connectivity index (χ3n) is 8.03. The van der Waals surface area contributed by atoms with Crippen molar-refractivity contribution in [3.05, 3.63) is 118 Å². The number of nitrogens with zero attached hydrogens (tertiary/aromatic N) is 2. The third kappa shape index (κ3) is 5.93. The van der Waals surface area contributed by atoms with Crippen molar-refractivity contribution < 1.29 is 0 Å². The molecule has 0 fully saturated rings. The molecule has 0 N–H and O–H groups in total. The normalized spacial score (nSPS) is 12.1. The predicted octanol–water partition coefficient (Wildman–Crippen LogP) is 10.7. The zero-order valence-electron chi connectivity index (χ0n) is 26.5. The summed E-state index contributed by atoms with van der Waals surface area (Å²) in [6, 6.07) is 29.2. The molecular formula is C39H44N2. The average molecular weight is 541 g/mol. The Morgan fingerprint density at radius 1 is 0.537 bits per heavy atom. The topological polar surface area (TPSA) is 17.8 Å². The molecule has 0 atom stereocenters. The molecule has 0 spiro atoms. The molecule has 4 aromatic carbocycles. The first-order valence-corrected chi connectivity index (χ1v) is 14.7. The number of benzene rings is 4. The number of imidazole rings is 1. The Morgan fingerprint density at radius 3 is 1.66 bits per heavy atom. The fourth-order valence-electron chi connectivity index (χ4n) is 5.79. The zero-order chi connectivity index (χ0) is 29.7. The molecule has 5 aromatic rings. The summed E-state index contributed by atoms with van der Waals surface area (Å²) in [7, 11) is 0. The lowest BCUT2D eigenvalue weighted by Gasteiger charge is -2.23. The monoisotopic (exact) mass is 540 g/mol. The number of rotatable bonds is 4. The molecule has 0 aliphatic carbocycles. The van der Waals surface area contributed by atoms with E-state index in [-0.39, 0.29) is 10.8 Å². The Balaban J connectivity index is 1.69. The van der Waals surface area contributed by atoms with Crippen molar-refractivity contribution >= 4 is 0 Å². The van der Waals surface area contributed by atoms with Gasteiger partial charge in [-0.25, -0.2) is 4.98 Å². The van der Waals surface area contributed by atoms with Gasteiger partial charge >= 0.3 is 0 Å². The summed E-state index contributed by atoms with van der Waals surface area (Å²) in [6.07, 6.45) is 2.22. The Hall–Kier alpha value is -3.91. The zero-order valence-corrected chi connectivity index (χ0v) is 26.5. The Bertz CT molecular complexity index is 1670. The van der Waals surface area contributed by atoms with E-state index in [4.69, 9.17) is 4.98 Å². The Labute approximate surface area is 247 Å². The van der Waals surface area contributed by atoms with Crippen LogP contribution in [0.2, 0.25) is 0 Å². The van der Waals surface area contributed by atoms with E-state index >= 15 is 0 Å². The molecule has 0 unspecified atom stereocenters. The van der Waals surface area contributed by atoms with Crippen LogP contribution in [0.1, 0.15) is 74.9 Å². The summed E-state index contributed by atoms with van der Waals surface area (Å²) >= 11 is 0. The first-order valence-electron chi connectivity index (χ1n) is 14.7. The van der Waals surface area contributed by atoms with E-state index in [1.54, 1.807) is 0 Å². The smallest absolute Gasteiger partial charge is 0.145 e. The van der Waals surface area contributed by atoms with Crippen LogP contribution in [0, 0.1) is 27.7 Å². The van der Waals surface area contributed by atoms with Crippen molar-refractivity contribution in [1.82, 2.24) is 9.55 Å². The molecule has 41 heavy (non-hydrogen) atoms. The maximum Gasteiger partial charge on any atom is 0.145 e. The van der Waals surface area contributed by atoms with Crippen molar-refractivity contribution in [2.75, 3.05) is 0 Å². The van der Waals surface area contributed by atoms with Gasteiger partial charge in [0, 0.05) is 17.3 Å². The van der Waals surface area contributed by atoms with E-state index in [9.17, 15) is 0 Å². The molecule has 5 rings (SSSR count). The van der Waals surface area contributed by atoms with Gasteiger partial charge in [-0.05, 0) is 90.1 Å². The summed E-state index contributed by atoms with van der Waals surface area (Å²) in [5, 5.41) is 0. The first-order chi connectivity index (χ1) is 19.2. The van der Waals surface area contributed by atoms with E-state index in [1.165, 1.54) is 50.2 Å². The Morgan fingerprint density at radius 2 is 1.10 bits per heavy atom. The largest absolute Gasteiger partial charge is 0.299 e. The summed E-state index contributed by atoms with van der Waals surface area (Å²) in [4.78, 5) is 5.31. The maximum atomic E-state index is 5.31. The minimum Gasteiger partial charge on any atom is -0.299 e. The van der Waals surface area contributed by atoms with Gasteiger partial charge in [-0.15, -0.1) is 0 Å². The van der Waals surface area contributed by atoms with Crippen molar-refractivity contribution in [2.24, 2.45) is 0 Å². The second-order valence-corrected chi connectivity index (χ2v) is 13.8. The minimum absolute atomic E-state index is 0.0902. The highest BCUT2D eigenvalue weighted by molar-refractivity contribution is 5.74. The van der Waals surface area contributed by atoms with Gasteiger partial charge in [0.05, 0.1) is 11.4 Å². The van der Waals surface area contributed by atoms with E-state index in [0.29, 0.717) is 0 Å². The lowest BCUT2D eigenvalue weighted by atomic mass is 9.84. The summed E-state index contributed by atoms with van der Waals surface area (Å²) < 4.78 is 2.31. The number of hydrogen-bond acceptors (Lipinski definition) is 1. The quantitative estimate of drug-likeness (QED) is 0.222. The molecule has 0 saturated heterocycles. The van der Waals surface area contributed by atoms with Gasteiger partial charge in [-0.1, -0.05) is 113 Å². The van der Waals surface area contributed by atoms with E-state index < -0.39 is 0 Å². The van der Waals surface area contributed by atoms with Gasteiger partial charge in [-0.2, -0.15) is 0 Å². The molecule has 0 saturated carbocycles. The lowest BCUT2D eigenvalue weighted by molar-refractivity contribution is 0.589. The number of hydrogen-bond donors (Lipinski definition) is 0. The number of aryl methyl sites for hydroxylation is 4. The molecule has 0 aliphatic rings. The fraction of sp³-hybridized carbons (Fsp3) is 0.308. The average Bonchev–Trinajstić information content (AvgIpc) is 3.32. The highest BCUT2D eigenvalue weighted by Gasteiger charge is 2.21. The van der Waals surface area contributed by atoms with Gasteiger partial charge in [0.2, 0.25) is 0 Å². The highest BCUT2D eigenvalue weighted by Crippen LogP contribution is 2.35. The standard InChI is InChI=1S/C39H44N2/c1-25-18-26(2)20-32(19-25)35-24-41(36-27(3)21-34(22-28(36)4)39(8,9)10)37(40-35)31-13-11-12-30(23-31)29-14-16-33(17-15-29)38(5,6)7/h11-24H,1-10H3. The van der Waals surface area contributed by atoms with Crippen LogP contribution in [0.15, 0.2) is 85.1 Å². The molecule has 0 bridgehead atoms. The molecule has 2 nitrogen and oxygen atoms in total. The van der Waals surface area contributed by atoms with Crippen molar-refractivity contribution in [1.29, 1.82) is 0 Å². The SMILES string of the molecule is Cc1cc(C)cc(-c2cn(-c3c(C)cc(C(C)(C)C)cc3C)c(-c3cccc(-c4ccc(C(C)(C)C)cc4)c3)n2)c1. The lowest BCUT2D eigenvalue weighted by Crippen LogP contribution is -2.13. The molecule has 210 valence electrons. The predicted molar refractivity (Wildman–Crippen MR) is 176 cm³/mol. The van der Waals surface area contributed by atoms with Crippen LogP contribution in [-0.2, 0) is 10.8 Å². The van der Waals surface area contributed by atoms with Gasteiger partial charge in [0.25, 0.3) is 0 Å². The minimum atomic E-state index is 0.0902. The molecule has 0 aliphatic heterocycles. The van der Waals surface area contributed by atoms with Crippen molar-refractivity contribution in [3.8, 4) is 39.5 Å². The van der Waals surface area contributed by atoms with Gasteiger partial charge in [0.15, 0.2) is 0 Å². The van der Waals surface area contributed by atoms with Crippen molar-refractivity contribution in [2.45, 2.75) is 80.1 Å². The van der Waals surface area contributed by atoms with Crippen LogP contribution in [0.25, 0.3) is 39.5 Å². The van der Waals surface area contributed by atoms with E-state index in [2.05, 4.69) is 159 Å². The second-order valence-electron chi connectivity index (χ2n) is 13.8. The van der Waals surface area contributed by atoms with Crippen LogP contribution in [0.5, 0.6) is 0 Å². The summed E-state index contributed by atoms with van der Waals surface area (Å²) in [5.41, 5.74) is 14.8. The van der Waals surface area contributed by atoms with Gasteiger partial charge in [0.1, 0.15) is 5.82 Å². The van der Waals surface area contributed by atoms with E-state index in [0.717, 1.165) is 22.6 Å². The van der Waals surface area contributed by atoms with Gasteiger partial charge < -0.3 is 0 Å². The van der Waals surface area contributed by atoms with Crippen LogP contribution < -0.4 is 0 Å². The molecule has 1 heterocycles. The fourth-order valence-corrected chi connectivity index (χ4v) is 5.79. The first kappa shape index (κ1) is 28.6. The molecular weight excluding hydrogens is 496 g/mol. The van der Waals surface area contributed by atoms with Crippen LogP contribution in [0.4, 0.5) is 0 Å². The van der Waals surface area contributed by atoms with Crippen LogP contribution in [0.3, 0.4) is 0 Å². The number of aromatic nitrogens is 2. The molecule has 0 amide bonds. The Kier molecular flexibility index (Phi) is 7.32. The van der Waals surface area contributed by atoms with Crippen LogP contribution in [-0.4, -0.2) is 9.55 Å². The van der Waals surface area contributed by atoms with Crippen LogP contribution >= 0.6 is 0 Å². The molecule has 1 aromatic heterocycles. The molecule has 0 radical (unpaired) electrons. The summed E-state index contributed by atoms with van der Waals surface area (Å²) in [5.74, 6) is 0.960. The molecule has 2 heteroatoms. The van der Waals surface area contributed by atoms with Crippen molar-refractivity contribution in [3.63, 3.8) is 0 Å². The second kappa shape index (κ2) is 10.5. The van der Waals surface area contributed by atoms with Gasteiger partial charge in [-0.3, -0.25) is 4.57 Å². The maximum absolute atomic E-state index is 5.31. The summed E-state index contributed by atoms with van der Waals surface area (Å²) in [6.45, 7) is 22.4. The third-order valence-corrected chi connectivity index (χ3v) is 8.03. The highest BCUT2D eigenvalue weighted by atomic mass is 15.1.